The zero-order chi connectivity index (χ0) is 15.2. The molecule has 0 aromatic heterocycles. The van der Waals surface area contributed by atoms with Crippen molar-refractivity contribution in [3.8, 4) is 5.75 Å². The Labute approximate surface area is 125 Å². The molecule has 0 amide bonds. The van der Waals surface area contributed by atoms with Gasteiger partial charge in [-0.15, -0.1) is 0 Å². The molecule has 2 nitrogen and oxygen atoms in total. The Balaban J connectivity index is 1.91. The molecule has 0 fully saturated rings. The molecule has 0 aliphatic heterocycles. The highest BCUT2D eigenvalue weighted by Crippen LogP contribution is 2.17. The summed E-state index contributed by atoms with van der Waals surface area (Å²) in [4.78, 5) is 0. The lowest BCUT2D eigenvalue weighted by Gasteiger charge is -2.10. The summed E-state index contributed by atoms with van der Waals surface area (Å²) in [6.45, 7) is 4.10. The largest absolute Gasteiger partial charge is 0.489 e. The topological polar surface area (TPSA) is 29.5 Å². The molecule has 1 atom stereocenters. The first-order chi connectivity index (χ1) is 10.0. The van der Waals surface area contributed by atoms with E-state index < -0.39 is 0 Å². The van der Waals surface area contributed by atoms with E-state index in [1.165, 1.54) is 17.7 Å². The Kier molecular flexibility index (Phi) is 5.34. The number of aryl methyl sites for hydroxylation is 2. The van der Waals surface area contributed by atoms with Crippen LogP contribution in [0.3, 0.4) is 0 Å². The molecule has 2 rings (SSSR count). The fraction of sp³-hybridized carbons (Fsp3) is 0.333. The van der Waals surface area contributed by atoms with Gasteiger partial charge in [-0.1, -0.05) is 18.2 Å². The smallest absolute Gasteiger partial charge is 0.123 e. The zero-order valence-electron chi connectivity index (χ0n) is 12.5. The van der Waals surface area contributed by atoms with E-state index in [4.69, 9.17) is 4.74 Å². The van der Waals surface area contributed by atoms with Gasteiger partial charge in [0.05, 0.1) is 6.10 Å². The molecule has 3 heteroatoms. The van der Waals surface area contributed by atoms with Crippen LogP contribution in [0.5, 0.6) is 5.75 Å². The maximum Gasteiger partial charge on any atom is 0.123 e. The lowest BCUT2D eigenvalue weighted by Crippen LogP contribution is -2.01. The fourth-order valence-corrected chi connectivity index (χ4v) is 2.11. The van der Waals surface area contributed by atoms with Gasteiger partial charge in [0.2, 0.25) is 0 Å². The van der Waals surface area contributed by atoms with Gasteiger partial charge in [0, 0.05) is 0 Å². The number of aliphatic hydroxyl groups is 1. The van der Waals surface area contributed by atoms with E-state index in [1.807, 2.05) is 31.2 Å². The highest BCUT2D eigenvalue weighted by molar-refractivity contribution is 5.29. The molecule has 0 saturated carbocycles. The van der Waals surface area contributed by atoms with Crippen molar-refractivity contribution in [2.24, 2.45) is 0 Å². The second-order valence-corrected chi connectivity index (χ2v) is 5.39. The van der Waals surface area contributed by atoms with Crippen molar-refractivity contribution in [1.82, 2.24) is 0 Å². The summed E-state index contributed by atoms with van der Waals surface area (Å²) >= 11 is 0. The number of ether oxygens (including phenoxy) is 1. The third-order valence-corrected chi connectivity index (χ3v) is 3.47. The molecule has 21 heavy (non-hydrogen) atoms. The number of hydrogen-bond acceptors (Lipinski definition) is 2. The summed E-state index contributed by atoms with van der Waals surface area (Å²) in [5.74, 6) is 0.568. The standard InChI is InChI=1S/C18H21FO2/c1-13-11-17(19)8-7-16(13)12-21-18-9-5-15(6-10-18)4-3-14(2)20/h5-11,14,20H,3-4,12H2,1-2H3. The number of halogens is 1. The highest BCUT2D eigenvalue weighted by Gasteiger charge is 2.02. The van der Waals surface area contributed by atoms with E-state index in [0.29, 0.717) is 6.61 Å². The SMILES string of the molecule is Cc1cc(F)ccc1COc1ccc(CCC(C)O)cc1. The number of rotatable bonds is 6. The maximum atomic E-state index is 13.0. The van der Waals surface area contributed by atoms with Gasteiger partial charge in [0.15, 0.2) is 0 Å². The van der Waals surface area contributed by atoms with Crippen LogP contribution in [0, 0.1) is 12.7 Å². The Morgan fingerprint density at radius 3 is 2.48 bits per heavy atom. The van der Waals surface area contributed by atoms with Crippen molar-refractivity contribution in [2.45, 2.75) is 39.4 Å². The molecule has 0 spiro atoms. The quantitative estimate of drug-likeness (QED) is 0.869. The molecule has 0 saturated heterocycles. The van der Waals surface area contributed by atoms with Crippen LogP contribution >= 0.6 is 0 Å². The van der Waals surface area contributed by atoms with Crippen LogP contribution in [0.2, 0.25) is 0 Å². The molecule has 0 radical (unpaired) electrons. The van der Waals surface area contributed by atoms with E-state index in [-0.39, 0.29) is 11.9 Å². The summed E-state index contributed by atoms with van der Waals surface area (Å²) in [7, 11) is 0. The van der Waals surface area contributed by atoms with Gasteiger partial charge < -0.3 is 9.84 Å². The first-order valence-corrected chi connectivity index (χ1v) is 7.19. The molecular formula is C18H21FO2. The number of benzene rings is 2. The fourth-order valence-electron chi connectivity index (χ4n) is 2.11. The van der Waals surface area contributed by atoms with Crippen LogP contribution in [0.1, 0.15) is 30.0 Å². The predicted molar refractivity (Wildman–Crippen MR) is 81.9 cm³/mol. The normalized spacial score (nSPS) is 12.2. The summed E-state index contributed by atoms with van der Waals surface area (Å²) in [6, 6.07) is 12.6. The van der Waals surface area contributed by atoms with Crippen LogP contribution in [0.15, 0.2) is 42.5 Å². The van der Waals surface area contributed by atoms with Gasteiger partial charge in [0.1, 0.15) is 18.2 Å². The third-order valence-electron chi connectivity index (χ3n) is 3.47. The molecule has 0 bridgehead atoms. The van der Waals surface area contributed by atoms with Gasteiger partial charge in [-0.3, -0.25) is 0 Å². The van der Waals surface area contributed by atoms with Gasteiger partial charge in [-0.25, -0.2) is 4.39 Å². The summed E-state index contributed by atoms with van der Waals surface area (Å²) in [5.41, 5.74) is 3.05. The average molecular weight is 288 g/mol. The van der Waals surface area contributed by atoms with E-state index in [1.54, 1.807) is 13.0 Å². The zero-order valence-corrected chi connectivity index (χ0v) is 12.5. The first kappa shape index (κ1) is 15.5. The van der Waals surface area contributed by atoms with Crippen LogP contribution in [0.4, 0.5) is 4.39 Å². The molecule has 1 unspecified atom stereocenters. The minimum Gasteiger partial charge on any atom is -0.489 e. The van der Waals surface area contributed by atoms with Crippen molar-refractivity contribution >= 4 is 0 Å². The molecule has 1 N–H and O–H groups in total. The van der Waals surface area contributed by atoms with Crippen LogP contribution in [0.25, 0.3) is 0 Å². The van der Waals surface area contributed by atoms with E-state index in [0.717, 1.165) is 29.7 Å². The van der Waals surface area contributed by atoms with Gasteiger partial charge >= 0.3 is 0 Å². The summed E-state index contributed by atoms with van der Waals surface area (Å²) in [5, 5.41) is 9.27. The van der Waals surface area contributed by atoms with E-state index in [2.05, 4.69) is 0 Å². The van der Waals surface area contributed by atoms with Crippen LogP contribution in [-0.2, 0) is 13.0 Å². The lowest BCUT2D eigenvalue weighted by atomic mass is 10.1. The van der Waals surface area contributed by atoms with Crippen molar-refractivity contribution in [3.05, 3.63) is 65.0 Å². The molecule has 0 aliphatic rings. The highest BCUT2D eigenvalue weighted by atomic mass is 19.1. The third kappa shape index (κ3) is 4.87. The first-order valence-electron chi connectivity index (χ1n) is 7.19. The predicted octanol–water partition coefficient (Wildman–Crippen LogP) is 4.03. The van der Waals surface area contributed by atoms with E-state index >= 15 is 0 Å². The second-order valence-electron chi connectivity index (χ2n) is 5.39. The molecule has 2 aromatic carbocycles. The van der Waals surface area contributed by atoms with Crippen LogP contribution in [-0.4, -0.2) is 11.2 Å². The van der Waals surface area contributed by atoms with Gasteiger partial charge in [-0.05, 0) is 67.6 Å². The summed E-state index contributed by atoms with van der Waals surface area (Å²) < 4.78 is 18.7. The molecule has 2 aromatic rings. The Morgan fingerprint density at radius 1 is 1.14 bits per heavy atom. The Morgan fingerprint density at radius 2 is 1.86 bits per heavy atom. The van der Waals surface area contributed by atoms with E-state index in [9.17, 15) is 9.50 Å². The molecule has 112 valence electrons. The molecule has 0 heterocycles. The minimum atomic E-state index is -0.276. The monoisotopic (exact) mass is 288 g/mol. The van der Waals surface area contributed by atoms with Gasteiger partial charge in [0.25, 0.3) is 0 Å². The van der Waals surface area contributed by atoms with Crippen molar-refractivity contribution in [1.29, 1.82) is 0 Å². The van der Waals surface area contributed by atoms with Crippen LogP contribution < -0.4 is 4.74 Å². The van der Waals surface area contributed by atoms with Crippen molar-refractivity contribution in [2.75, 3.05) is 0 Å². The lowest BCUT2D eigenvalue weighted by molar-refractivity contribution is 0.185. The van der Waals surface area contributed by atoms with Crippen molar-refractivity contribution < 1.29 is 14.2 Å². The average Bonchev–Trinajstić information content (AvgIpc) is 2.45. The van der Waals surface area contributed by atoms with Crippen molar-refractivity contribution in [3.63, 3.8) is 0 Å². The van der Waals surface area contributed by atoms with Gasteiger partial charge in [-0.2, -0.15) is 0 Å². The maximum absolute atomic E-state index is 13.0. The Hall–Kier alpha value is -1.87. The summed E-state index contributed by atoms with van der Waals surface area (Å²) in [6.07, 6.45) is 1.34. The second kappa shape index (κ2) is 7.23. The minimum absolute atomic E-state index is 0.223. The Bertz CT molecular complexity index is 576. The number of aliphatic hydroxyl groups excluding tert-OH is 1. The molecular weight excluding hydrogens is 267 g/mol. The number of hydrogen-bond donors (Lipinski definition) is 1. The molecule has 0 aliphatic carbocycles.